The Morgan fingerprint density at radius 1 is 1.12 bits per heavy atom. The predicted octanol–water partition coefficient (Wildman–Crippen LogP) is 4.44. The van der Waals surface area contributed by atoms with Gasteiger partial charge >= 0.3 is 0 Å². The van der Waals surface area contributed by atoms with E-state index in [-0.39, 0.29) is 23.7 Å². The number of nitrogens with one attached hydrogen (secondary N) is 2. The van der Waals surface area contributed by atoms with E-state index < -0.39 is 0 Å². The van der Waals surface area contributed by atoms with Crippen LogP contribution in [-0.2, 0) is 16.1 Å². The Kier molecular flexibility index (Phi) is 8.53. The number of carbonyl (C=O) groups is 2. The fourth-order valence-electron chi connectivity index (χ4n) is 3.29. The number of hydrogen-bond acceptors (Lipinski definition) is 7. The lowest BCUT2D eigenvalue weighted by molar-refractivity contribution is -0.114. The topological polar surface area (TPSA) is 107 Å². The Balaban J connectivity index is 1.63. The minimum atomic E-state index is -0.345. The van der Waals surface area contributed by atoms with Gasteiger partial charge in [-0.25, -0.2) is 0 Å². The van der Waals surface area contributed by atoms with Gasteiger partial charge in [0.05, 0.1) is 12.9 Å². The maximum absolute atomic E-state index is 12.5. The van der Waals surface area contributed by atoms with Gasteiger partial charge in [0.1, 0.15) is 11.5 Å². The van der Waals surface area contributed by atoms with E-state index in [1.165, 1.54) is 18.7 Å². The number of ether oxygens (including phenoxy) is 2. The largest absolute Gasteiger partial charge is 0.497 e. The molecule has 0 spiro atoms. The standard InChI is InChI=1S/C24H29N5O4S/c1-6-29-23(16(3)33-20-9-7-8-19(13-20)32-5)27-28-24(29)34-14-22(31)26-18-11-10-15(2)21(12-18)25-17(4)30/h7-13,16H,6,14H2,1-5H3,(H,25,30)(H,26,31). The summed E-state index contributed by atoms with van der Waals surface area (Å²) in [6, 6.07) is 12.8. The van der Waals surface area contributed by atoms with Gasteiger partial charge in [-0.1, -0.05) is 23.9 Å². The summed E-state index contributed by atoms with van der Waals surface area (Å²) in [7, 11) is 1.61. The normalized spacial score (nSPS) is 11.6. The van der Waals surface area contributed by atoms with Crippen molar-refractivity contribution in [2.24, 2.45) is 0 Å². The van der Waals surface area contributed by atoms with Crippen molar-refractivity contribution in [1.29, 1.82) is 0 Å². The van der Waals surface area contributed by atoms with Gasteiger partial charge in [-0.2, -0.15) is 0 Å². The minimum Gasteiger partial charge on any atom is -0.497 e. The molecule has 1 unspecified atom stereocenters. The van der Waals surface area contributed by atoms with Crippen LogP contribution in [0.3, 0.4) is 0 Å². The number of anilines is 2. The van der Waals surface area contributed by atoms with Crippen molar-refractivity contribution < 1.29 is 19.1 Å². The van der Waals surface area contributed by atoms with Gasteiger partial charge < -0.3 is 24.7 Å². The molecule has 0 saturated heterocycles. The van der Waals surface area contributed by atoms with Crippen molar-refractivity contribution in [3.63, 3.8) is 0 Å². The van der Waals surface area contributed by atoms with Gasteiger partial charge in [0, 0.05) is 30.9 Å². The molecule has 2 N–H and O–H groups in total. The minimum absolute atomic E-state index is 0.159. The van der Waals surface area contributed by atoms with Crippen molar-refractivity contribution in [3.05, 3.63) is 53.9 Å². The third-order valence-corrected chi connectivity index (χ3v) is 5.91. The van der Waals surface area contributed by atoms with Crippen LogP contribution in [0.2, 0.25) is 0 Å². The molecule has 1 atom stereocenters. The molecule has 0 fully saturated rings. The summed E-state index contributed by atoms with van der Waals surface area (Å²) in [4.78, 5) is 23.9. The van der Waals surface area contributed by atoms with Gasteiger partial charge in [-0.05, 0) is 50.6 Å². The molecule has 180 valence electrons. The first-order chi connectivity index (χ1) is 16.3. The highest BCUT2D eigenvalue weighted by Gasteiger charge is 2.20. The number of amides is 2. The highest BCUT2D eigenvalue weighted by Crippen LogP contribution is 2.27. The molecular formula is C24H29N5O4S. The van der Waals surface area contributed by atoms with Crippen LogP contribution in [0.1, 0.15) is 38.3 Å². The zero-order valence-corrected chi connectivity index (χ0v) is 20.7. The molecule has 34 heavy (non-hydrogen) atoms. The van der Waals surface area contributed by atoms with Crippen molar-refractivity contribution in [3.8, 4) is 11.5 Å². The van der Waals surface area contributed by atoms with Gasteiger partial charge in [0.2, 0.25) is 11.8 Å². The van der Waals surface area contributed by atoms with Gasteiger partial charge in [-0.3, -0.25) is 9.59 Å². The number of methoxy groups -OCH3 is 1. The molecule has 2 amide bonds. The molecule has 0 radical (unpaired) electrons. The van der Waals surface area contributed by atoms with Crippen LogP contribution in [0, 0.1) is 6.92 Å². The second kappa shape index (κ2) is 11.6. The maximum Gasteiger partial charge on any atom is 0.234 e. The summed E-state index contributed by atoms with van der Waals surface area (Å²) in [6.45, 7) is 7.87. The average molecular weight is 484 g/mol. The molecule has 3 rings (SSSR count). The number of benzene rings is 2. The smallest absolute Gasteiger partial charge is 0.234 e. The quantitative estimate of drug-likeness (QED) is 0.410. The average Bonchev–Trinajstić information content (AvgIpc) is 3.23. The number of aromatic nitrogens is 3. The molecule has 0 aliphatic rings. The Bertz CT molecular complexity index is 1160. The highest BCUT2D eigenvalue weighted by molar-refractivity contribution is 7.99. The summed E-state index contributed by atoms with van der Waals surface area (Å²) in [5.74, 6) is 1.86. The third-order valence-electron chi connectivity index (χ3n) is 4.94. The summed E-state index contributed by atoms with van der Waals surface area (Å²) in [5, 5.41) is 14.8. The van der Waals surface area contributed by atoms with Crippen LogP contribution >= 0.6 is 11.8 Å². The fourth-order valence-corrected chi connectivity index (χ4v) is 4.10. The van der Waals surface area contributed by atoms with Crippen LogP contribution < -0.4 is 20.1 Å². The van der Waals surface area contributed by atoms with Crippen LogP contribution in [0.25, 0.3) is 0 Å². The first-order valence-corrected chi connectivity index (χ1v) is 11.8. The van der Waals surface area contributed by atoms with Crippen molar-refractivity contribution in [1.82, 2.24) is 14.8 Å². The number of thioether (sulfide) groups is 1. The molecule has 1 aromatic heterocycles. The molecule has 1 heterocycles. The zero-order chi connectivity index (χ0) is 24.7. The number of rotatable bonds is 10. The molecule has 0 aliphatic heterocycles. The molecule has 0 aliphatic carbocycles. The second-order valence-corrected chi connectivity index (χ2v) is 8.51. The van der Waals surface area contributed by atoms with E-state index in [0.717, 1.165) is 5.56 Å². The monoisotopic (exact) mass is 483 g/mol. The van der Waals surface area contributed by atoms with Crippen LogP contribution in [0.4, 0.5) is 11.4 Å². The molecule has 2 aromatic carbocycles. The third kappa shape index (κ3) is 6.50. The number of aryl methyl sites for hydroxylation is 1. The van der Waals surface area contributed by atoms with E-state index >= 15 is 0 Å². The lowest BCUT2D eigenvalue weighted by Crippen LogP contribution is -2.16. The number of nitrogens with zero attached hydrogens (tertiary/aromatic N) is 3. The SMILES string of the molecule is CCn1c(SCC(=O)Nc2ccc(C)c(NC(C)=O)c2)nnc1C(C)Oc1cccc(OC)c1. The Labute approximate surface area is 203 Å². The Morgan fingerprint density at radius 3 is 2.59 bits per heavy atom. The Morgan fingerprint density at radius 2 is 1.88 bits per heavy atom. The Hall–Kier alpha value is -3.53. The van der Waals surface area contributed by atoms with Crippen molar-refractivity contribution >= 4 is 35.0 Å². The molecule has 10 heteroatoms. The van der Waals surface area contributed by atoms with E-state index in [9.17, 15) is 9.59 Å². The van der Waals surface area contributed by atoms with Crippen molar-refractivity contribution in [2.45, 2.75) is 45.5 Å². The lowest BCUT2D eigenvalue weighted by atomic mass is 10.2. The van der Waals surface area contributed by atoms with Crippen LogP contribution in [0.15, 0.2) is 47.6 Å². The number of carbonyl (C=O) groups excluding carboxylic acids is 2. The maximum atomic E-state index is 12.5. The fraction of sp³-hybridized carbons (Fsp3) is 0.333. The summed E-state index contributed by atoms with van der Waals surface area (Å²) in [6.07, 6.45) is -0.345. The van der Waals surface area contributed by atoms with Crippen LogP contribution in [0.5, 0.6) is 11.5 Å². The van der Waals surface area contributed by atoms with Gasteiger partial charge in [0.25, 0.3) is 0 Å². The van der Waals surface area contributed by atoms with Crippen LogP contribution in [-0.4, -0.2) is 39.4 Å². The van der Waals surface area contributed by atoms with E-state index in [1.54, 1.807) is 19.2 Å². The predicted molar refractivity (Wildman–Crippen MR) is 133 cm³/mol. The molecule has 0 saturated carbocycles. The van der Waals surface area contributed by atoms with E-state index in [0.29, 0.717) is 40.4 Å². The molecule has 3 aromatic rings. The molecule has 9 nitrogen and oxygen atoms in total. The van der Waals surface area contributed by atoms with Crippen molar-refractivity contribution in [2.75, 3.05) is 23.5 Å². The van der Waals surface area contributed by atoms with E-state index in [2.05, 4.69) is 20.8 Å². The first-order valence-electron chi connectivity index (χ1n) is 10.8. The lowest BCUT2D eigenvalue weighted by Gasteiger charge is -2.16. The first kappa shape index (κ1) is 25.1. The number of hydrogen-bond donors (Lipinski definition) is 2. The van der Waals surface area contributed by atoms with E-state index in [1.807, 2.05) is 55.7 Å². The summed E-state index contributed by atoms with van der Waals surface area (Å²) in [5.41, 5.74) is 2.19. The van der Waals surface area contributed by atoms with Gasteiger partial charge in [-0.15, -0.1) is 10.2 Å². The summed E-state index contributed by atoms with van der Waals surface area (Å²) < 4.78 is 13.2. The molecular weight excluding hydrogens is 454 g/mol. The summed E-state index contributed by atoms with van der Waals surface area (Å²) >= 11 is 1.30. The molecule has 0 bridgehead atoms. The van der Waals surface area contributed by atoms with Gasteiger partial charge in [0.15, 0.2) is 17.1 Å². The highest BCUT2D eigenvalue weighted by atomic mass is 32.2. The second-order valence-electron chi connectivity index (χ2n) is 7.57. The zero-order valence-electron chi connectivity index (χ0n) is 19.9. The van der Waals surface area contributed by atoms with E-state index in [4.69, 9.17) is 9.47 Å².